The molecule has 6 heterocycles. The standard InChI is InChI=1S/C47H54N8O9/c1-26(60-2)39(52-46(58)61-3)44(56)54-17-5-7-37(54)42-48-23-35(50-42)29-11-13-33-28(21-29)9-14-34-32-12-10-30(22-31(32)25-64-41(33)34)36-24-49-43(51-36)38-8-6-18-55(38)45(57)40(53-47(59)62-4)27-15-19-63-20-16-27/h9-14,21-24,26-27,37-40H,5-8,15-20,25H2,1-4H3,(H,48,50)(H,49,51)(H,52,58)(H,53,59)/t26-,37+,38+,39+,40+/m1/s1. The second-order valence-electron chi connectivity index (χ2n) is 16.9. The Hall–Kier alpha value is -6.46. The molecule has 0 saturated carbocycles. The van der Waals surface area contributed by atoms with Crippen molar-refractivity contribution in [1.29, 1.82) is 0 Å². The second-order valence-corrected chi connectivity index (χ2v) is 16.9. The first-order valence-electron chi connectivity index (χ1n) is 22.0. The van der Waals surface area contributed by atoms with Gasteiger partial charge < -0.3 is 54.1 Å². The Bertz CT molecular complexity index is 2550. The number of benzene rings is 3. The number of aromatic amines is 2. The van der Waals surface area contributed by atoms with Gasteiger partial charge in [-0.2, -0.15) is 0 Å². The van der Waals surface area contributed by atoms with E-state index in [4.69, 9.17) is 33.7 Å². The third-order valence-corrected chi connectivity index (χ3v) is 13.3. The number of imidazole rings is 2. The molecule has 4 amide bonds. The number of fused-ring (bicyclic) bond motifs is 5. The van der Waals surface area contributed by atoms with E-state index in [9.17, 15) is 19.2 Å². The molecule has 4 aliphatic rings. The maximum absolute atomic E-state index is 14.1. The summed E-state index contributed by atoms with van der Waals surface area (Å²) in [4.78, 5) is 72.3. The van der Waals surface area contributed by atoms with Gasteiger partial charge in [-0.15, -0.1) is 0 Å². The number of amides is 4. The zero-order valence-electron chi connectivity index (χ0n) is 36.5. The molecule has 3 aromatic carbocycles. The highest BCUT2D eigenvalue weighted by Gasteiger charge is 2.41. The predicted molar refractivity (Wildman–Crippen MR) is 235 cm³/mol. The largest absolute Gasteiger partial charge is 0.488 e. The molecule has 0 bridgehead atoms. The van der Waals surface area contributed by atoms with Crippen LogP contribution in [-0.4, -0.2) is 120 Å². The summed E-state index contributed by atoms with van der Waals surface area (Å²) in [5, 5.41) is 7.46. The maximum Gasteiger partial charge on any atom is 0.407 e. The Kier molecular flexibility index (Phi) is 12.3. The van der Waals surface area contributed by atoms with Gasteiger partial charge in [0.25, 0.3) is 0 Å². The van der Waals surface area contributed by atoms with E-state index < -0.39 is 30.4 Å². The number of likely N-dealkylation sites (tertiary alicyclic amines) is 2. The third kappa shape index (κ3) is 8.25. The molecule has 2 aromatic heterocycles. The summed E-state index contributed by atoms with van der Waals surface area (Å²) < 4.78 is 27.1. The lowest BCUT2D eigenvalue weighted by Crippen LogP contribution is -2.54. The quantitative estimate of drug-likeness (QED) is 0.114. The van der Waals surface area contributed by atoms with E-state index in [1.54, 1.807) is 18.0 Å². The van der Waals surface area contributed by atoms with E-state index in [0.717, 1.165) is 81.4 Å². The number of nitrogens with one attached hydrogen (secondary N) is 4. The smallest absolute Gasteiger partial charge is 0.407 e. The number of H-pyrrole nitrogens is 2. The lowest BCUT2D eigenvalue weighted by molar-refractivity contribution is -0.138. The van der Waals surface area contributed by atoms with E-state index in [-0.39, 0.29) is 29.8 Å². The van der Waals surface area contributed by atoms with E-state index >= 15 is 0 Å². The summed E-state index contributed by atoms with van der Waals surface area (Å²) >= 11 is 0. The first kappa shape index (κ1) is 42.8. The van der Waals surface area contributed by atoms with Crippen molar-refractivity contribution in [2.24, 2.45) is 5.92 Å². The Morgan fingerprint density at radius 2 is 1.36 bits per heavy atom. The van der Waals surface area contributed by atoms with Crippen LogP contribution in [0, 0.1) is 5.92 Å². The van der Waals surface area contributed by atoms with E-state index in [1.807, 2.05) is 17.2 Å². The minimum atomic E-state index is -0.908. The van der Waals surface area contributed by atoms with E-state index in [1.165, 1.54) is 21.3 Å². The molecule has 0 unspecified atom stereocenters. The van der Waals surface area contributed by atoms with Crippen molar-refractivity contribution < 1.29 is 42.9 Å². The van der Waals surface area contributed by atoms with Crippen molar-refractivity contribution in [2.75, 3.05) is 47.6 Å². The summed E-state index contributed by atoms with van der Waals surface area (Å²) in [5.41, 5.74) is 6.74. The number of nitrogens with zero attached hydrogens (tertiary/aromatic N) is 4. The fourth-order valence-electron chi connectivity index (χ4n) is 9.74. The number of hydrogen-bond acceptors (Lipinski definition) is 11. The van der Waals surface area contributed by atoms with E-state index in [2.05, 4.69) is 63.1 Å². The van der Waals surface area contributed by atoms with Crippen LogP contribution in [0.4, 0.5) is 9.59 Å². The Morgan fingerprint density at radius 3 is 2.02 bits per heavy atom. The highest BCUT2D eigenvalue weighted by atomic mass is 16.5. The molecule has 4 aliphatic heterocycles. The monoisotopic (exact) mass is 874 g/mol. The van der Waals surface area contributed by atoms with Crippen molar-refractivity contribution in [3.8, 4) is 39.4 Å². The molecular formula is C47H54N8O9. The maximum atomic E-state index is 14.1. The average Bonchev–Trinajstić information content (AvgIpc) is 4.19. The van der Waals surface area contributed by atoms with Gasteiger partial charge in [0.1, 0.15) is 36.1 Å². The molecule has 5 aromatic rings. The molecule has 64 heavy (non-hydrogen) atoms. The van der Waals surface area contributed by atoms with E-state index in [0.29, 0.717) is 57.4 Å². The molecule has 17 heteroatoms. The molecular weight excluding hydrogens is 821 g/mol. The van der Waals surface area contributed by atoms with Crippen LogP contribution in [0.5, 0.6) is 5.75 Å². The van der Waals surface area contributed by atoms with Gasteiger partial charge in [0, 0.05) is 49.9 Å². The average molecular weight is 875 g/mol. The summed E-state index contributed by atoms with van der Waals surface area (Å²) in [6, 6.07) is 14.6. The summed E-state index contributed by atoms with van der Waals surface area (Å²) in [5.74, 6) is 1.81. The van der Waals surface area contributed by atoms with Crippen LogP contribution in [0.1, 0.15) is 74.7 Å². The van der Waals surface area contributed by atoms with Crippen LogP contribution >= 0.6 is 0 Å². The number of aromatic nitrogens is 4. The number of hydrogen-bond donors (Lipinski definition) is 4. The van der Waals surface area contributed by atoms with Gasteiger partial charge in [0.15, 0.2) is 0 Å². The van der Waals surface area contributed by atoms with Gasteiger partial charge in [-0.3, -0.25) is 9.59 Å². The highest BCUT2D eigenvalue weighted by molar-refractivity contribution is 5.98. The lowest BCUT2D eigenvalue weighted by atomic mass is 9.90. The number of methoxy groups -OCH3 is 3. The van der Waals surface area contributed by atoms with Crippen LogP contribution in [-0.2, 0) is 35.1 Å². The van der Waals surface area contributed by atoms with Crippen molar-refractivity contribution >= 4 is 34.8 Å². The van der Waals surface area contributed by atoms with Crippen molar-refractivity contribution in [2.45, 2.75) is 82.3 Å². The third-order valence-electron chi connectivity index (χ3n) is 13.3. The van der Waals surface area contributed by atoms with Gasteiger partial charge in [-0.05, 0) is 91.6 Å². The van der Waals surface area contributed by atoms with Gasteiger partial charge in [-0.1, -0.05) is 30.3 Å². The molecule has 3 fully saturated rings. The summed E-state index contributed by atoms with van der Waals surface area (Å²) in [6.07, 6.45) is 6.23. The van der Waals surface area contributed by atoms with Crippen LogP contribution in [0.2, 0.25) is 0 Å². The van der Waals surface area contributed by atoms with Gasteiger partial charge in [0.2, 0.25) is 11.8 Å². The van der Waals surface area contributed by atoms with Crippen molar-refractivity contribution in [3.63, 3.8) is 0 Å². The molecule has 0 aliphatic carbocycles. The van der Waals surface area contributed by atoms with Gasteiger partial charge in [-0.25, -0.2) is 19.6 Å². The molecule has 3 saturated heterocycles. The fourth-order valence-corrected chi connectivity index (χ4v) is 9.74. The van der Waals surface area contributed by atoms with Gasteiger partial charge in [0.05, 0.1) is 56.2 Å². The Labute approximate surface area is 370 Å². The van der Waals surface area contributed by atoms with Crippen molar-refractivity contribution in [3.05, 3.63) is 78.1 Å². The number of ether oxygens (including phenoxy) is 5. The van der Waals surface area contributed by atoms with Crippen molar-refractivity contribution in [1.82, 2.24) is 40.4 Å². The number of carbonyl (C=O) groups is 4. The SMILES string of the molecule is COC(=O)N[C@H](C(=O)N1CCC[C@H]1c1ncc(-c2ccc3c(c2)COc2c-3ccc3cc(-c4cnc([C@@H]5CCCN5C(=O)[C@@H](NC(=O)OC)[C@@H](C)OC)[nH]4)ccc23)[nH]1)C1CCOCC1. The summed E-state index contributed by atoms with van der Waals surface area (Å²) in [7, 11) is 4.07. The molecule has 9 rings (SSSR count). The van der Waals surface area contributed by atoms with Crippen LogP contribution in [0.3, 0.4) is 0 Å². The fraction of sp³-hybridized carbons (Fsp3) is 0.447. The molecule has 5 atom stereocenters. The zero-order chi connectivity index (χ0) is 44.5. The lowest BCUT2D eigenvalue weighted by Gasteiger charge is -2.34. The Balaban J connectivity index is 0.905. The number of carbonyl (C=O) groups excluding carboxylic acids is 4. The Morgan fingerprint density at radius 1 is 0.750 bits per heavy atom. The molecule has 0 radical (unpaired) electrons. The first-order chi connectivity index (χ1) is 31.1. The molecule has 4 N–H and O–H groups in total. The number of rotatable bonds is 11. The summed E-state index contributed by atoms with van der Waals surface area (Å²) in [6.45, 7) is 4.35. The van der Waals surface area contributed by atoms with Crippen LogP contribution < -0.4 is 15.4 Å². The predicted octanol–water partition coefficient (Wildman–Crippen LogP) is 6.42. The highest BCUT2D eigenvalue weighted by Crippen LogP contribution is 2.44. The zero-order valence-corrected chi connectivity index (χ0v) is 36.5. The molecule has 0 spiro atoms. The van der Waals surface area contributed by atoms with Crippen LogP contribution in [0.25, 0.3) is 44.4 Å². The normalized spacial score (nSPS) is 19.9. The first-order valence-corrected chi connectivity index (χ1v) is 22.0. The minimum Gasteiger partial charge on any atom is -0.488 e. The second kappa shape index (κ2) is 18.3. The van der Waals surface area contributed by atoms with Crippen LogP contribution in [0.15, 0.2) is 60.9 Å². The minimum absolute atomic E-state index is 0.0389. The van der Waals surface area contributed by atoms with Gasteiger partial charge >= 0.3 is 12.2 Å². The molecule has 17 nitrogen and oxygen atoms in total. The molecule has 336 valence electrons. The number of alkyl carbamates (subject to hydrolysis) is 2. The topological polar surface area (TPSA) is 202 Å².